The van der Waals surface area contributed by atoms with Gasteiger partial charge in [-0.25, -0.2) is 0 Å². The average Bonchev–Trinajstić information content (AvgIpc) is 2.87. The number of benzene rings is 1. The Morgan fingerprint density at radius 1 is 1.42 bits per heavy atom. The minimum atomic E-state index is 0.190. The number of nitrogens with two attached hydrogens (primary N) is 1. The van der Waals surface area contributed by atoms with E-state index in [2.05, 4.69) is 45.4 Å². The van der Waals surface area contributed by atoms with Crippen LogP contribution >= 0.6 is 38.9 Å². The smallest absolute Gasteiger partial charge is 0.0548 e. The van der Waals surface area contributed by atoms with E-state index in [1.165, 1.54) is 10.4 Å². The molecule has 5 heteroatoms. The molecular weight excluding hydrogens is 344 g/mol. The summed E-state index contributed by atoms with van der Waals surface area (Å²) in [7, 11) is 2.10. The molecule has 1 unspecified atom stereocenters. The van der Waals surface area contributed by atoms with Crippen LogP contribution < -0.4 is 5.73 Å². The lowest BCUT2D eigenvalue weighted by Crippen LogP contribution is -2.29. The number of thiophene rings is 1. The molecule has 19 heavy (non-hydrogen) atoms. The highest BCUT2D eigenvalue weighted by Crippen LogP contribution is 2.28. The van der Waals surface area contributed by atoms with Crippen molar-refractivity contribution in [2.75, 3.05) is 13.6 Å². The molecule has 0 spiro atoms. The van der Waals surface area contributed by atoms with Crippen LogP contribution in [0.25, 0.3) is 0 Å². The van der Waals surface area contributed by atoms with Gasteiger partial charge in [0.2, 0.25) is 0 Å². The summed E-state index contributed by atoms with van der Waals surface area (Å²) in [6.45, 7) is 1.48. The van der Waals surface area contributed by atoms with Crippen LogP contribution in [0.1, 0.15) is 16.5 Å². The topological polar surface area (TPSA) is 29.3 Å². The lowest BCUT2D eigenvalue weighted by atomic mass is 10.1. The molecule has 0 fully saturated rings. The molecule has 2 N–H and O–H groups in total. The fourth-order valence-corrected chi connectivity index (χ4v) is 3.33. The second kappa shape index (κ2) is 6.86. The first-order chi connectivity index (χ1) is 9.11. The fraction of sp³-hybridized carbons (Fsp3) is 0.286. The Kier molecular flexibility index (Phi) is 5.42. The Bertz CT molecular complexity index is 530. The predicted octanol–water partition coefficient (Wildman–Crippen LogP) is 4.30. The van der Waals surface area contributed by atoms with Crippen LogP contribution in [-0.4, -0.2) is 18.5 Å². The second-order valence-corrected chi connectivity index (χ2v) is 6.71. The molecule has 2 nitrogen and oxygen atoms in total. The summed E-state index contributed by atoms with van der Waals surface area (Å²) < 4.78 is 0.912. The fourth-order valence-electron chi connectivity index (χ4n) is 2.05. The Balaban J connectivity index is 2.16. The van der Waals surface area contributed by atoms with E-state index in [9.17, 15) is 0 Å². The van der Waals surface area contributed by atoms with Gasteiger partial charge in [-0.15, -0.1) is 11.3 Å². The normalized spacial score (nSPS) is 12.9. The van der Waals surface area contributed by atoms with Crippen LogP contribution in [0.3, 0.4) is 0 Å². The van der Waals surface area contributed by atoms with Crippen LogP contribution in [0.2, 0.25) is 5.02 Å². The van der Waals surface area contributed by atoms with Gasteiger partial charge in [0, 0.05) is 28.5 Å². The third kappa shape index (κ3) is 3.80. The Labute approximate surface area is 131 Å². The van der Waals surface area contributed by atoms with Gasteiger partial charge in [0.15, 0.2) is 0 Å². The molecule has 0 aliphatic carbocycles. The van der Waals surface area contributed by atoms with E-state index >= 15 is 0 Å². The zero-order chi connectivity index (χ0) is 13.8. The lowest BCUT2D eigenvalue weighted by Gasteiger charge is -2.27. The van der Waals surface area contributed by atoms with Crippen LogP contribution in [-0.2, 0) is 6.54 Å². The van der Waals surface area contributed by atoms with Crippen molar-refractivity contribution in [1.82, 2.24) is 4.90 Å². The molecule has 2 rings (SSSR count). The summed E-state index contributed by atoms with van der Waals surface area (Å²) in [4.78, 5) is 3.61. The summed E-state index contributed by atoms with van der Waals surface area (Å²) in [5.74, 6) is 0. The molecule has 0 bridgehead atoms. The number of rotatable bonds is 5. The van der Waals surface area contributed by atoms with E-state index in [4.69, 9.17) is 17.3 Å². The SMILES string of the molecule is CN(Cc1cccs1)C(CN)c1ccc(Cl)c(Br)c1. The van der Waals surface area contributed by atoms with Crippen molar-refractivity contribution in [3.8, 4) is 0 Å². The molecule has 1 aromatic heterocycles. The summed E-state index contributed by atoms with van der Waals surface area (Å²) >= 11 is 11.3. The van der Waals surface area contributed by atoms with E-state index in [0.29, 0.717) is 6.54 Å². The van der Waals surface area contributed by atoms with Gasteiger partial charge >= 0.3 is 0 Å². The summed E-state index contributed by atoms with van der Waals surface area (Å²) in [5.41, 5.74) is 7.11. The first-order valence-corrected chi connectivity index (χ1v) is 8.04. The second-order valence-electron chi connectivity index (χ2n) is 4.42. The van der Waals surface area contributed by atoms with Crippen molar-refractivity contribution >= 4 is 38.9 Å². The summed E-state index contributed by atoms with van der Waals surface area (Å²) in [5, 5.41) is 2.82. The van der Waals surface area contributed by atoms with E-state index in [1.54, 1.807) is 11.3 Å². The standard InChI is InChI=1S/C14H16BrClN2S/c1-18(9-11-3-2-6-19-11)14(8-17)10-4-5-13(16)12(15)7-10/h2-7,14H,8-9,17H2,1H3. The van der Waals surface area contributed by atoms with E-state index < -0.39 is 0 Å². The van der Waals surface area contributed by atoms with Gasteiger partial charge in [-0.1, -0.05) is 23.7 Å². The number of likely N-dealkylation sites (N-methyl/N-ethyl adjacent to an activating group) is 1. The minimum Gasteiger partial charge on any atom is -0.329 e. The van der Waals surface area contributed by atoms with E-state index in [0.717, 1.165) is 16.0 Å². The summed E-state index contributed by atoms with van der Waals surface area (Å²) in [6.07, 6.45) is 0. The number of nitrogens with zero attached hydrogens (tertiary/aromatic N) is 1. The number of hydrogen-bond donors (Lipinski definition) is 1. The van der Waals surface area contributed by atoms with Gasteiger partial charge in [-0.05, 0) is 52.1 Å². The lowest BCUT2D eigenvalue weighted by molar-refractivity contribution is 0.244. The molecule has 102 valence electrons. The largest absolute Gasteiger partial charge is 0.329 e. The van der Waals surface area contributed by atoms with E-state index in [1.807, 2.05) is 18.2 Å². The average molecular weight is 360 g/mol. The molecule has 1 heterocycles. The Morgan fingerprint density at radius 3 is 2.79 bits per heavy atom. The molecule has 0 saturated carbocycles. The van der Waals surface area contributed by atoms with Gasteiger partial charge in [-0.3, -0.25) is 4.90 Å². The van der Waals surface area contributed by atoms with Gasteiger partial charge in [0.05, 0.1) is 5.02 Å². The quantitative estimate of drug-likeness (QED) is 0.862. The molecule has 0 saturated heterocycles. The molecular formula is C14H16BrClN2S. The highest BCUT2D eigenvalue weighted by Gasteiger charge is 2.16. The molecule has 0 amide bonds. The van der Waals surface area contributed by atoms with Crippen molar-refractivity contribution in [3.05, 3.63) is 55.6 Å². The molecule has 1 atom stereocenters. The van der Waals surface area contributed by atoms with Crippen molar-refractivity contribution in [2.24, 2.45) is 5.73 Å². The first-order valence-electron chi connectivity index (χ1n) is 5.99. The zero-order valence-corrected chi connectivity index (χ0v) is 13.8. The maximum Gasteiger partial charge on any atom is 0.0548 e. The van der Waals surface area contributed by atoms with Crippen molar-refractivity contribution < 1.29 is 0 Å². The van der Waals surface area contributed by atoms with Gasteiger partial charge in [0.1, 0.15) is 0 Å². The molecule has 0 aliphatic heterocycles. The molecule has 1 aromatic carbocycles. The highest BCUT2D eigenvalue weighted by atomic mass is 79.9. The molecule has 0 radical (unpaired) electrons. The maximum absolute atomic E-state index is 6.03. The first kappa shape index (κ1) is 15.0. The van der Waals surface area contributed by atoms with Gasteiger partial charge < -0.3 is 5.73 Å². The van der Waals surface area contributed by atoms with Crippen molar-refractivity contribution in [2.45, 2.75) is 12.6 Å². The van der Waals surface area contributed by atoms with E-state index in [-0.39, 0.29) is 6.04 Å². The molecule has 0 aliphatic rings. The number of halogens is 2. The Hall–Kier alpha value is -0.390. The molecule has 2 aromatic rings. The summed E-state index contributed by atoms with van der Waals surface area (Å²) in [6, 6.07) is 10.4. The van der Waals surface area contributed by atoms with Crippen LogP contribution in [0.4, 0.5) is 0 Å². The van der Waals surface area contributed by atoms with Crippen molar-refractivity contribution in [3.63, 3.8) is 0 Å². The third-order valence-electron chi connectivity index (χ3n) is 3.07. The predicted molar refractivity (Wildman–Crippen MR) is 86.7 cm³/mol. The van der Waals surface area contributed by atoms with Gasteiger partial charge in [-0.2, -0.15) is 0 Å². The van der Waals surface area contributed by atoms with Crippen LogP contribution in [0.15, 0.2) is 40.2 Å². The Morgan fingerprint density at radius 2 is 2.21 bits per heavy atom. The van der Waals surface area contributed by atoms with Crippen LogP contribution in [0, 0.1) is 0 Å². The van der Waals surface area contributed by atoms with Gasteiger partial charge in [0.25, 0.3) is 0 Å². The highest BCUT2D eigenvalue weighted by molar-refractivity contribution is 9.10. The maximum atomic E-state index is 6.03. The van der Waals surface area contributed by atoms with Crippen LogP contribution in [0.5, 0.6) is 0 Å². The third-order valence-corrected chi connectivity index (χ3v) is 5.14. The monoisotopic (exact) mass is 358 g/mol. The van der Waals surface area contributed by atoms with Crippen molar-refractivity contribution in [1.29, 1.82) is 0 Å². The number of hydrogen-bond acceptors (Lipinski definition) is 3. The zero-order valence-electron chi connectivity index (χ0n) is 10.6. The minimum absolute atomic E-state index is 0.190.